The molecule has 1 amide bonds. The van der Waals surface area contributed by atoms with Crippen LogP contribution in [0.2, 0.25) is 0 Å². The van der Waals surface area contributed by atoms with E-state index in [0.29, 0.717) is 35.8 Å². The van der Waals surface area contributed by atoms with E-state index in [1.54, 1.807) is 4.31 Å². The van der Waals surface area contributed by atoms with Gasteiger partial charge in [0.2, 0.25) is 10.0 Å². The maximum atomic E-state index is 13.4. The molecule has 1 aliphatic carbocycles. The van der Waals surface area contributed by atoms with Crippen molar-refractivity contribution in [3.8, 4) is 0 Å². The first kappa shape index (κ1) is 20.7. The molecular weight excluding hydrogens is 405 g/mol. The number of rotatable bonds is 2. The summed E-state index contributed by atoms with van der Waals surface area (Å²) < 4.78 is 67.1. The molecule has 1 saturated heterocycles. The van der Waals surface area contributed by atoms with Crippen molar-refractivity contribution in [2.45, 2.75) is 68.5 Å². The molecule has 1 saturated carbocycles. The van der Waals surface area contributed by atoms with Crippen LogP contribution in [-0.2, 0) is 21.2 Å². The number of benzene rings is 1. The van der Waals surface area contributed by atoms with E-state index in [-0.39, 0.29) is 23.2 Å². The Hall–Kier alpha value is -1.61. The third kappa shape index (κ3) is 3.79. The molecule has 160 valence electrons. The summed E-state index contributed by atoms with van der Waals surface area (Å²) in [7, 11) is -3.72. The topological polar surface area (TPSA) is 57.7 Å². The predicted molar refractivity (Wildman–Crippen MR) is 102 cm³/mol. The summed E-state index contributed by atoms with van der Waals surface area (Å²) in [5, 5.41) is 0. The zero-order valence-electron chi connectivity index (χ0n) is 16.1. The van der Waals surface area contributed by atoms with E-state index in [0.717, 1.165) is 38.5 Å². The molecule has 0 N–H and O–H groups in total. The lowest BCUT2D eigenvalue weighted by Crippen LogP contribution is -2.49. The lowest BCUT2D eigenvalue weighted by atomic mass is 9.79. The van der Waals surface area contributed by atoms with Crippen molar-refractivity contribution in [1.29, 1.82) is 0 Å². The Morgan fingerprint density at radius 2 is 1.72 bits per heavy atom. The van der Waals surface area contributed by atoms with Gasteiger partial charge in [-0.1, -0.05) is 12.8 Å². The highest BCUT2D eigenvalue weighted by Gasteiger charge is 2.44. The van der Waals surface area contributed by atoms with E-state index in [2.05, 4.69) is 0 Å². The number of hydrogen-bond donors (Lipinski definition) is 0. The minimum Gasteiger partial charge on any atom is -0.304 e. The van der Waals surface area contributed by atoms with Gasteiger partial charge >= 0.3 is 12.1 Å². The molecule has 0 radical (unpaired) electrons. The quantitative estimate of drug-likeness (QED) is 0.716. The fraction of sp³-hybridized carbons (Fsp3) is 0.650. The number of anilines is 1. The van der Waals surface area contributed by atoms with Gasteiger partial charge in [-0.15, -0.1) is 0 Å². The van der Waals surface area contributed by atoms with Crippen LogP contribution in [0, 0.1) is 5.92 Å². The molecule has 0 aromatic heterocycles. The monoisotopic (exact) mass is 430 g/mol. The molecule has 0 spiro atoms. The molecule has 1 aromatic rings. The highest BCUT2D eigenvalue weighted by atomic mass is 32.2. The summed E-state index contributed by atoms with van der Waals surface area (Å²) in [6.45, 7) is 0.465. The van der Waals surface area contributed by atoms with Crippen LogP contribution in [0.4, 0.5) is 18.9 Å². The number of carbonyl (C=O) groups is 1. The van der Waals surface area contributed by atoms with E-state index in [4.69, 9.17) is 0 Å². The summed E-state index contributed by atoms with van der Waals surface area (Å²) in [6, 6.07) is 4.19. The Morgan fingerprint density at radius 1 is 1.00 bits per heavy atom. The Bertz CT molecular complexity index is 899. The summed E-state index contributed by atoms with van der Waals surface area (Å²) in [6.07, 6.45) is 1.82. The number of sulfonamides is 1. The number of nitrogens with zero attached hydrogens (tertiary/aromatic N) is 2. The molecule has 2 heterocycles. The van der Waals surface area contributed by atoms with Crippen LogP contribution < -0.4 is 4.90 Å². The van der Waals surface area contributed by atoms with Crippen molar-refractivity contribution in [3.05, 3.63) is 23.8 Å². The summed E-state index contributed by atoms with van der Waals surface area (Å²) in [5.74, 6) is -1.51. The van der Waals surface area contributed by atoms with Gasteiger partial charge in [0.1, 0.15) is 0 Å². The minimum atomic E-state index is -4.96. The smallest absolute Gasteiger partial charge is 0.304 e. The van der Waals surface area contributed by atoms with Gasteiger partial charge in [0, 0.05) is 24.8 Å². The van der Waals surface area contributed by atoms with Crippen molar-refractivity contribution in [1.82, 2.24) is 4.31 Å². The first-order valence-corrected chi connectivity index (χ1v) is 11.7. The number of amides is 1. The number of alkyl halides is 3. The van der Waals surface area contributed by atoms with Crippen LogP contribution in [0.1, 0.15) is 50.5 Å². The van der Waals surface area contributed by atoms with Crippen LogP contribution in [0.25, 0.3) is 0 Å². The van der Waals surface area contributed by atoms with Gasteiger partial charge in [-0.05, 0) is 68.2 Å². The number of fused-ring (bicyclic) bond motifs is 2. The van der Waals surface area contributed by atoms with Gasteiger partial charge in [0.05, 0.1) is 4.90 Å². The van der Waals surface area contributed by atoms with E-state index < -0.39 is 22.1 Å². The van der Waals surface area contributed by atoms with Gasteiger partial charge in [0.25, 0.3) is 0 Å². The molecule has 5 nitrogen and oxygen atoms in total. The van der Waals surface area contributed by atoms with Crippen molar-refractivity contribution >= 4 is 21.6 Å². The second-order valence-corrected chi connectivity index (χ2v) is 10.1. The first-order chi connectivity index (χ1) is 13.7. The second kappa shape index (κ2) is 7.58. The SMILES string of the molecule is O=C(N1CCCc2cc(S(=O)(=O)N3CCC[C@@H]4CCCC[C@@H]43)ccc21)C(F)(F)F. The molecule has 2 atom stereocenters. The minimum absolute atomic E-state index is 0.0156. The Kier molecular flexibility index (Phi) is 5.40. The lowest BCUT2D eigenvalue weighted by molar-refractivity contribution is -0.170. The highest BCUT2D eigenvalue weighted by Crippen LogP contribution is 2.39. The average molecular weight is 430 g/mol. The Balaban J connectivity index is 1.65. The largest absolute Gasteiger partial charge is 0.471 e. The van der Waals surface area contributed by atoms with Crippen LogP contribution in [0.5, 0.6) is 0 Å². The molecule has 2 aliphatic heterocycles. The zero-order valence-corrected chi connectivity index (χ0v) is 16.9. The summed E-state index contributed by atoms with van der Waals surface area (Å²) in [4.78, 5) is 12.6. The van der Waals surface area contributed by atoms with Crippen molar-refractivity contribution in [2.75, 3.05) is 18.0 Å². The molecule has 2 fully saturated rings. The van der Waals surface area contributed by atoms with Gasteiger partial charge in [-0.25, -0.2) is 8.42 Å². The van der Waals surface area contributed by atoms with Crippen LogP contribution in [-0.4, -0.2) is 43.9 Å². The van der Waals surface area contributed by atoms with Crippen LogP contribution in [0.15, 0.2) is 23.1 Å². The second-order valence-electron chi connectivity index (χ2n) is 8.22. The van der Waals surface area contributed by atoms with E-state index in [9.17, 15) is 26.4 Å². The molecule has 4 rings (SSSR count). The maximum absolute atomic E-state index is 13.4. The van der Waals surface area contributed by atoms with Crippen molar-refractivity contribution in [3.63, 3.8) is 0 Å². The average Bonchev–Trinajstić information content (AvgIpc) is 2.71. The number of hydrogen-bond acceptors (Lipinski definition) is 3. The molecule has 0 unspecified atom stereocenters. The van der Waals surface area contributed by atoms with Gasteiger partial charge in [0.15, 0.2) is 0 Å². The third-order valence-corrected chi connectivity index (χ3v) is 8.38. The van der Waals surface area contributed by atoms with E-state index in [1.807, 2.05) is 0 Å². The predicted octanol–water partition coefficient (Wildman–Crippen LogP) is 3.87. The zero-order chi connectivity index (χ0) is 20.8. The normalized spacial score (nSPS) is 26.0. The Labute approximate surface area is 168 Å². The van der Waals surface area contributed by atoms with Gasteiger partial charge in [-0.3, -0.25) is 4.79 Å². The number of halogens is 3. The van der Waals surface area contributed by atoms with Gasteiger partial charge in [-0.2, -0.15) is 17.5 Å². The first-order valence-electron chi connectivity index (χ1n) is 10.2. The third-order valence-electron chi connectivity index (χ3n) is 6.46. The maximum Gasteiger partial charge on any atom is 0.471 e. The fourth-order valence-corrected chi connectivity index (χ4v) is 6.92. The van der Waals surface area contributed by atoms with Crippen LogP contribution in [0.3, 0.4) is 0 Å². The number of aryl methyl sites for hydroxylation is 1. The highest BCUT2D eigenvalue weighted by molar-refractivity contribution is 7.89. The standard InChI is InChI=1S/C20H25F3N2O3S/c21-20(22,23)19(26)24-11-3-7-15-13-16(9-10-17(15)24)29(27,28)25-12-4-6-14-5-1-2-8-18(14)25/h9-10,13-14,18H,1-8,11-12H2/t14-,18-/m0/s1. The number of piperidine rings is 1. The van der Waals surface area contributed by atoms with Gasteiger partial charge < -0.3 is 4.90 Å². The molecular formula is C20H25F3N2O3S. The summed E-state index contributed by atoms with van der Waals surface area (Å²) >= 11 is 0. The molecule has 1 aromatic carbocycles. The fourth-order valence-electron chi connectivity index (χ4n) is 5.11. The summed E-state index contributed by atoms with van der Waals surface area (Å²) in [5.41, 5.74) is 0.638. The molecule has 3 aliphatic rings. The molecule has 29 heavy (non-hydrogen) atoms. The van der Waals surface area contributed by atoms with Crippen molar-refractivity contribution < 1.29 is 26.4 Å². The molecule has 9 heteroatoms. The Morgan fingerprint density at radius 3 is 2.48 bits per heavy atom. The lowest BCUT2D eigenvalue weighted by Gasteiger charge is -2.43. The van der Waals surface area contributed by atoms with E-state index >= 15 is 0 Å². The van der Waals surface area contributed by atoms with E-state index in [1.165, 1.54) is 18.2 Å². The van der Waals surface area contributed by atoms with Crippen molar-refractivity contribution in [2.24, 2.45) is 5.92 Å². The van der Waals surface area contributed by atoms with Crippen LogP contribution >= 0.6 is 0 Å². The number of carbonyl (C=O) groups excluding carboxylic acids is 1. The molecule has 0 bridgehead atoms.